The fraction of sp³-hybridized carbons (Fsp3) is 1.00. The second-order valence-corrected chi connectivity index (χ2v) is 8.32. The molecule has 0 aliphatic rings. The van der Waals surface area contributed by atoms with Gasteiger partial charge in [0, 0.05) is 0 Å². The van der Waals surface area contributed by atoms with Crippen molar-refractivity contribution in [1.82, 2.24) is 0 Å². The summed E-state index contributed by atoms with van der Waals surface area (Å²) in [5, 5.41) is 0. The van der Waals surface area contributed by atoms with Gasteiger partial charge in [0.1, 0.15) is 0 Å². The zero-order chi connectivity index (χ0) is 15.1. The molecule has 0 radical (unpaired) electrons. The predicted molar refractivity (Wildman–Crippen MR) is 89.6 cm³/mol. The predicted octanol–water partition coefficient (Wildman–Crippen LogP) is 7.08. The van der Waals surface area contributed by atoms with E-state index in [2.05, 4.69) is 55.4 Å². The average Bonchev–Trinajstić information content (AvgIpc) is 2.33. The maximum atomic E-state index is 2.47. The van der Waals surface area contributed by atoms with Gasteiger partial charge in [-0.2, -0.15) is 0 Å². The lowest BCUT2D eigenvalue weighted by molar-refractivity contribution is 0.166. The Hall–Kier alpha value is 0. The third-order valence-corrected chi connectivity index (χ3v) is 5.34. The van der Waals surface area contributed by atoms with Crippen molar-refractivity contribution >= 4 is 0 Å². The molecular formula is C19H40. The van der Waals surface area contributed by atoms with E-state index in [9.17, 15) is 0 Å². The van der Waals surface area contributed by atoms with Gasteiger partial charge in [0.05, 0.1) is 0 Å². The molecule has 0 aromatic rings. The second kappa shape index (κ2) is 8.32. The van der Waals surface area contributed by atoms with Crippen LogP contribution in [0, 0.1) is 22.7 Å². The zero-order valence-corrected chi connectivity index (χ0v) is 15.1. The van der Waals surface area contributed by atoms with Crippen molar-refractivity contribution in [3.63, 3.8) is 0 Å². The van der Waals surface area contributed by atoms with Gasteiger partial charge in [-0.05, 0) is 48.3 Å². The highest BCUT2D eigenvalue weighted by Crippen LogP contribution is 2.39. The highest BCUT2D eigenvalue weighted by Gasteiger charge is 2.27. The van der Waals surface area contributed by atoms with Crippen molar-refractivity contribution in [2.75, 3.05) is 0 Å². The Morgan fingerprint density at radius 2 is 1.42 bits per heavy atom. The summed E-state index contributed by atoms with van der Waals surface area (Å²) in [5.41, 5.74) is 1.06. The maximum Gasteiger partial charge on any atom is -0.0352 e. The van der Waals surface area contributed by atoms with Gasteiger partial charge in [0.15, 0.2) is 0 Å². The Kier molecular flexibility index (Phi) is 8.32. The van der Waals surface area contributed by atoms with E-state index < -0.39 is 0 Å². The molecule has 2 atom stereocenters. The van der Waals surface area contributed by atoms with Gasteiger partial charge in [-0.25, -0.2) is 0 Å². The fourth-order valence-electron chi connectivity index (χ4n) is 3.16. The van der Waals surface area contributed by atoms with Crippen molar-refractivity contribution < 1.29 is 0 Å². The first-order valence-electron chi connectivity index (χ1n) is 8.67. The van der Waals surface area contributed by atoms with Crippen molar-refractivity contribution in [2.45, 2.75) is 100 Å². The van der Waals surface area contributed by atoms with E-state index in [1.807, 2.05) is 0 Å². The Morgan fingerprint density at radius 3 is 1.84 bits per heavy atom. The molecule has 0 heteroatoms. The fourth-order valence-corrected chi connectivity index (χ4v) is 3.16. The lowest BCUT2D eigenvalue weighted by atomic mass is 9.71. The first-order chi connectivity index (χ1) is 8.67. The summed E-state index contributed by atoms with van der Waals surface area (Å²) in [6, 6.07) is 0. The molecule has 0 heterocycles. The lowest BCUT2D eigenvalue weighted by Gasteiger charge is -2.35. The van der Waals surface area contributed by atoms with Crippen LogP contribution in [0.15, 0.2) is 0 Å². The standard InChI is InChI=1S/C19H40/c1-9-13-19(7,8)15-17(16(4)10-2)12-14-18(5,6)11-3/h16-17H,9-15H2,1-8H3. The molecule has 0 aromatic heterocycles. The average molecular weight is 269 g/mol. The van der Waals surface area contributed by atoms with Crippen LogP contribution in [0.4, 0.5) is 0 Å². The first-order valence-corrected chi connectivity index (χ1v) is 8.67. The van der Waals surface area contributed by atoms with E-state index >= 15 is 0 Å². The maximum absolute atomic E-state index is 2.47. The Labute approximate surface area is 123 Å². The molecule has 0 fully saturated rings. The lowest BCUT2D eigenvalue weighted by Crippen LogP contribution is -2.23. The molecular weight excluding hydrogens is 228 g/mol. The van der Waals surface area contributed by atoms with Gasteiger partial charge < -0.3 is 0 Å². The first kappa shape index (κ1) is 19.0. The summed E-state index contributed by atoms with van der Waals surface area (Å²) in [6.45, 7) is 19.3. The molecule has 0 N–H and O–H groups in total. The Bertz CT molecular complexity index is 224. The molecule has 0 saturated heterocycles. The highest BCUT2D eigenvalue weighted by atomic mass is 14.3. The monoisotopic (exact) mass is 268 g/mol. The minimum atomic E-state index is 0.527. The zero-order valence-electron chi connectivity index (χ0n) is 15.1. The summed E-state index contributed by atoms with van der Waals surface area (Å²) in [4.78, 5) is 0. The van der Waals surface area contributed by atoms with Crippen LogP contribution in [0.2, 0.25) is 0 Å². The van der Waals surface area contributed by atoms with Gasteiger partial charge in [-0.3, -0.25) is 0 Å². The van der Waals surface area contributed by atoms with Crippen LogP contribution >= 0.6 is 0 Å². The summed E-state index contributed by atoms with van der Waals surface area (Å²) in [6.07, 6.45) is 9.55. The van der Waals surface area contributed by atoms with E-state index in [0.29, 0.717) is 10.8 Å². The summed E-state index contributed by atoms with van der Waals surface area (Å²) >= 11 is 0. The van der Waals surface area contributed by atoms with Gasteiger partial charge in [-0.15, -0.1) is 0 Å². The van der Waals surface area contributed by atoms with Gasteiger partial charge in [0.25, 0.3) is 0 Å². The van der Waals surface area contributed by atoms with Crippen molar-refractivity contribution in [2.24, 2.45) is 22.7 Å². The summed E-state index contributed by atoms with van der Waals surface area (Å²) < 4.78 is 0. The molecule has 116 valence electrons. The molecule has 0 amide bonds. The van der Waals surface area contributed by atoms with Crippen molar-refractivity contribution in [3.05, 3.63) is 0 Å². The molecule has 0 spiro atoms. The molecule has 19 heavy (non-hydrogen) atoms. The Morgan fingerprint density at radius 1 is 0.842 bits per heavy atom. The van der Waals surface area contributed by atoms with Crippen molar-refractivity contribution in [1.29, 1.82) is 0 Å². The summed E-state index contributed by atoms with van der Waals surface area (Å²) in [5.74, 6) is 1.79. The molecule has 0 aliphatic heterocycles. The minimum Gasteiger partial charge on any atom is -0.0654 e. The summed E-state index contributed by atoms with van der Waals surface area (Å²) in [7, 11) is 0. The number of hydrogen-bond donors (Lipinski definition) is 0. The largest absolute Gasteiger partial charge is 0.0654 e. The van der Waals surface area contributed by atoms with Gasteiger partial charge in [0.2, 0.25) is 0 Å². The molecule has 2 unspecified atom stereocenters. The molecule has 0 nitrogen and oxygen atoms in total. The highest BCUT2D eigenvalue weighted by molar-refractivity contribution is 4.78. The third kappa shape index (κ3) is 8.00. The van der Waals surface area contributed by atoms with Crippen LogP contribution < -0.4 is 0 Å². The van der Waals surface area contributed by atoms with E-state index in [-0.39, 0.29) is 0 Å². The van der Waals surface area contributed by atoms with Crippen LogP contribution in [0.3, 0.4) is 0 Å². The normalized spacial score (nSPS) is 16.4. The number of rotatable bonds is 10. The Balaban J connectivity index is 4.56. The van der Waals surface area contributed by atoms with Crippen LogP contribution in [-0.4, -0.2) is 0 Å². The minimum absolute atomic E-state index is 0.527. The molecule has 0 aromatic carbocycles. The number of hydrogen-bond acceptors (Lipinski definition) is 0. The van der Waals surface area contributed by atoms with Crippen LogP contribution in [0.25, 0.3) is 0 Å². The van der Waals surface area contributed by atoms with Crippen molar-refractivity contribution in [3.8, 4) is 0 Å². The third-order valence-electron chi connectivity index (χ3n) is 5.34. The molecule has 0 saturated carbocycles. The molecule has 0 aliphatic carbocycles. The quantitative estimate of drug-likeness (QED) is 0.397. The van der Waals surface area contributed by atoms with Gasteiger partial charge >= 0.3 is 0 Å². The van der Waals surface area contributed by atoms with E-state index in [0.717, 1.165) is 11.8 Å². The SMILES string of the molecule is CCCC(C)(C)CC(CCC(C)(C)CC)C(C)CC. The molecule has 0 rings (SSSR count). The van der Waals surface area contributed by atoms with E-state index in [4.69, 9.17) is 0 Å². The van der Waals surface area contributed by atoms with Crippen LogP contribution in [0.1, 0.15) is 100 Å². The topological polar surface area (TPSA) is 0 Å². The van der Waals surface area contributed by atoms with E-state index in [1.165, 1.54) is 44.9 Å². The van der Waals surface area contributed by atoms with Gasteiger partial charge in [-0.1, -0.05) is 74.7 Å². The molecule has 0 bridgehead atoms. The van der Waals surface area contributed by atoms with Crippen LogP contribution in [0.5, 0.6) is 0 Å². The smallest absolute Gasteiger partial charge is 0.0352 e. The second-order valence-electron chi connectivity index (χ2n) is 8.32. The van der Waals surface area contributed by atoms with Crippen LogP contribution in [-0.2, 0) is 0 Å². The van der Waals surface area contributed by atoms with E-state index in [1.54, 1.807) is 0 Å².